The molecule has 0 bridgehead atoms. The first-order chi connectivity index (χ1) is 16.9. The Bertz CT molecular complexity index is 1170. The highest BCUT2D eigenvalue weighted by atomic mass is 35.5. The van der Waals surface area contributed by atoms with E-state index in [0.29, 0.717) is 11.8 Å². The molecule has 0 spiro atoms. The largest absolute Gasteiger partial charge is 0.407 e. The first-order valence-corrected chi connectivity index (χ1v) is 15.2. The van der Waals surface area contributed by atoms with Crippen LogP contribution < -0.4 is 10.4 Å². The molecule has 0 saturated heterocycles. The summed E-state index contributed by atoms with van der Waals surface area (Å²) in [5.74, 6) is 0.896. The van der Waals surface area contributed by atoms with Crippen LogP contribution in [0.5, 0.6) is 0 Å². The second kappa shape index (κ2) is 11.6. The van der Waals surface area contributed by atoms with E-state index >= 15 is 0 Å². The van der Waals surface area contributed by atoms with E-state index in [9.17, 15) is 0 Å². The van der Waals surface area contributed by atoms with Gasteiger partial charge in [-0.2, -0.15) is 0 Å². The minimum atomic E-state index is -2.56. The van der Waals surface area contributed by atoms with Gasteiger partial charge < -0.3 is 4.43 Å². The van der Waals surface area contributed by atoms with Gasteiger partial charge >= 0.3 is 0 Å². The molecule has 5 heteroatoms. The van der Waals surface area contributed by atoms with E-state index in [0.717, 1.165) is 17.1 Å². The van der Waals surface area contributed by atoms with Gasteiger partial charge in [0.15, 0.2) is 0 Å². The molecule has 0 saturated carbocycles. The molecule has 0 aliphatic heterocycles. The van der Waals surface area contributed by atoms with Crippen LogP contribution in [0.25, 0.3) is 0 Å². The van der Waals surface area contributed by atoms with E-state index in [1.165, 1.54) is 21.5 Å². The molecule has 0 amide bonds. The average molecular weight is 518 g/mol. The van der Waals surface area contributed by atoms with Crippen LogP contribution in [-0.2, 0) is 16.6 Å². The number of halogens is 1. The third-order valence-electron chi connectivity index (χ3n) is 6.26. The lowest BCUT2D eigenvalue weighted by atomic mass is 10.2. The molecule has 1 heterocycles. The maximum Gasteiger partial charge on any atom is 0.261 e. The van der Waals surface area contributed by atoms with Crippen LogP contribution in [0.15, 0.2) is 108 Å². The van der Waals surface area contributed by atoms with Gasteiger partial charge in [0, 0.05) is 23.5 Å². The highest BCUT2D eigenvalue weighted by Gasteiger charge is 2.49. The Kier molecular flexibility index (Phi) is 8.50. The molecule has 35 heavy (non-hydrogen) atoms. The third kappa shape index (κ3) is 6.07. The molecule has 0 N–H and O–H groups in total. The number of benzene rings is 3. The Morgan fingerprint density at radius 1 is 0.829 bits per heavy atom. The number of hydrogen-bond donors (Lipinski definition) is 0. The number of pyridine rings is 1. The lowest BCUT2D eigenvalue weighted by Gasteiger charge is -2.43. The van der Waals surface area contributed by atoms with Crippen LogP contribution in [0.2, 0.25) is 10.2 Å². The van der Waals surface area contributed by atoms with Crippen molar-refractivity contribution in [2.45, 2.75) is 42.9 Å². The fourth-order valence-electron chi connectivity index (χ4n) is 4.59. The highest BCUT2D eigenvalue weighted by molar-refractivity contribution is 7.98. The van der Waals surface area contributed by atoms with Gasteiger partial charge in [0.25, 0.3) is 8.32 Å². The van der Waals surface area contributed by atoms with Crippen LogP contribution >= 0.6 is 23.4 Å². The molecule has 0 radical (unpaired) electrons. The first kappa shape index (κ1) is 25.7. The average Bonchev–Trinajstić information content (AvgIpc) is 2.87. The number of aromatic nitrogens is 1. The molecule has 0 fully saturated rings. The van der Waals surface area contributed by atoms with E-state index in [1.807, 2.05) is 18.3 Å². The summed E-state index contributed by atoms with van der Waals surface area (Å²) >= 11 is 8.11. The Morgan fingerprint density at radius 3 is 1.91 bits per heavy atom. The predicted molar refractivity (Wildman–Crippen MR) is 153 cm³/mol. The summed E-state index contributed by atoms with van der Waals surface area (Å²) in [4.78, 5) is 5.51. The van der Waals surface area contributed by atoms with Gasteiger partial charge in [0.05, 0.1) is 0 Å². The van der Waals surface area contributed by atoms with E-state index < -0.39 is 8.32 Å². The van der Waals surface area contributed by atoms with Crippen molar-refractivity contribution in [2.24, 2.45) is 0 Å². The standard InChI is InChI=1S/C30H32ClNOSSi/c1-30(2,3)35(26-15-9-5-10-16-26,27-17-11-6-12-18-27)33-20-19-25-21-29(31)32-22-28(25)34-23-24-13-7-4-8-14-24/h4-18,21-22H,19-20,23H2,1-3H3. The summed E-state index contributed by atoms with van der Waals surface area (Å²) in [6.07, 6.45) is 2.68. The lowest BCUT2D eigenvalue weighted by Crippen LogP contribution is -2.66. The van der Waals surface area contributed by atoms with Crippen molar-refractivity contribution in [1.29, 1.82) is 0 Å². The molecule has 3 aromatic carbocycles. The molecule has 0 aliphatic rings. The number of thioether (sulfide) groups is 1. The Hall–Kier alpha value is -2.37. The van der Waals surface area contributed by atoms with Crippen LogP contribution in [-0.4, -0.2) is 19.9 Å². The van der Waals surface area contributed by atoms with Gasteiger partial charge in [-0.1, -0.05) is 123 Å². The van der Waals surface area contributed by atoms with Gasteiger partial charge in [-0.25, -0.2) is 4.98 Å². The molecule has 2 nitrogen and oxygen atoms in total. The number of nitrogens with zero attached hydrogens (tertiary/aromatic N) is 1. The van der Waals surface area contributed by atoms with E-state index in [1.54, 1.807) is 11.8 Å². The van der Waals surface area contributed by atoms with E-state index in [2.05, 4.69) is 111 Å². The van der Waals surface area contributed by atoms with Gasteiger partial charge in [-0.15, -0.1) is 11.8 Å². The van der Waals surface area contributed by atoms with Crippen molar-refractivity contribution < 1.29 is 4.43 Å². The Balaban J connectivity index is 1.61. The zero-order chi connectivity index (χ0) is 24.7. The monoisotopic (exact) mass is 517 g/mol. The summed E-state index contributed by atoms with van der Waals surface area (Å²) in [5.41, 5.74) is 2.48. The van der Waals surface area contributed by atoms with Crippen LogP contribution in [0, 0.1) is 0 Å². The van der Waals surface area contributed by atoms with Crippen molar-refractivity contribution in [3.05, 3.63) is 120 Å². The minimum Gasteiger partial charge on any atom is -0.407 e. The quantitative estimate of drug-likeness (QED) is 0.134. The van der Waals surface area contributed by atoms with Gasteiger partial charge in [-0.3, -0.25) is 0 Å². The van der Waals surface area contributed by atoms with Crippen LogP contribution in [0.1, 0.15) is 31.9 Å². The van der Waals surface area contributed by atoms with Gasteiger partial charge in [0.1, 0.15) is 5.15 Å². The molecular formula is C30H32ClNOSSi. The first-order valence-electron chi connectivity index (χ1n) is 12.0. The van der Waals surface area contributed by atoms with Gasteiger partial charge in [-0.05, 0) is 39.0 Å². The molecule has 0 atom stereocenters. The Morgan fingerprint density at radius 2 is 1.37 bits per heavy atom. The van der Waals surface area contributed by atoms with Crippen LogP contribution in [0.4, 0.5) is 0 Å². The normalized spacial score (nSPS) is 12.0. The molecule has 1 aromatic heterocycles. The smallest absolute Gasteiger partial charge is 0.261 e. The Labute approximate surface area is 219 Å². The maximum absolute atomic E-state index is 7.09. The summed E-state index contributed by atoms with van der Waals surface area (Å²) < 4.78 is 7.09. The molecular weight excluding hydrogens is 486 g/mol. The van der Waals surface area contributed by atoms with E-state index in [4.69, 9.17) is 16.0 Å². The van der Waals surface area contributed by atoms with Crippen molar-refractivity contribution in [1.82, 2.24) is 4.98 Å². The van der Waals surface area contributed by atoms with E-state index in [-0.39, 0.29) is 5.04 Å². The van der Waals surface area contributed by atoms with Crippen molar-refractivity contribution in [3.63, 3.8) is 0 Å². The molecule has 180 valence electrons. The molecule has 0 unspecified atom stereocenters. The number of rotatable bonds is 9. The zero-order valence-corrected chi connectivity index (χ0v) is 23.2. The predicted octanol–water partition coefficient (Wildman–Crippen LogP) is 7.15. The summed E-state index contributed by atoms with van der Waals surface area (Å²) in [5, 5.41) is 3.07. The van der Waals surface area contributed by atoms with Crippen molar-refractivity contribution in [3.8, 4) is 0 Å². The third-order valence-corrected chi connectivity index (χ3v) is 12.7. The van der Waals surface area contributed by atoms with Crippen molar-refractivity contribution >= 4 is 42.1 Å². The topological polar surface area (TPSA) is 22.1 Å². The summed E-state index contributed by atoms with van der Waals surface area (Å²) in [7, 11) is -2.56. The second-order valence-corrected chi connectivity index (χ2v) is 15.4. The van der Waals surface area contributed by atoms with Crippen molar-refractivity contribution in [2.75, 3.05) is 6.61 Å². The zero-order valence-electron chi connectivity index (χ0n) is 20.6. The minimum absolute atomic E-state index is 0.0452. The maximum atomic E-state index is 7.09. The molecule has 4 aromatic rings. The van der Waals surface area contributed by atoms with Crippen LogP contribution in [0.3, 0.4) is 0 Å². The fourth-order valence-corrected chi connectivity index (χ4v) is 10.3. The molecule has 0 aliphatic carbocycles. The fraction of sp³-hybridized carbons (Fsp3) is 0.233. The summed E-state index contributed by atoms with van der Waals surface area (Å²) in [6, 6.07) is 34.1. The number of hydrogen-bond acceptors (Lipinski definition) is 3. The SMILES string of the molecule is CC(C)(C)[Si](OCCc1cc(Cl)ncc1SCc1ccccc1)(c1ccccc1)c1ccccc1. The van der Waals surface area contributed by atoms with Gasteiger partial charge in [0.2, 0.25) is 0 Å². The molecule has 4 rings (SSSR count). The highest BCUT2D eigenvalue weighted by Crippen LogP contribution is 2.37. The second-order valence-electron chi connectivity index (χ2n) is 9.65. The lowest BCUT2D eigenvalue weighted by molar-refractivity contribution is 0.301. The summed E-state index contributed by atoms with van der Waals surface area (Å²) in [6.45, 7) is 7.55.